The molecule has 0 bridgehead atoms. The molecule has 0 aliphatic heterocycles. The van der Waals surface area contributed by atoms with Gasteiger partial charge >= 0.3 is 0 Å². The quantitative estimate of drug-likeness (QED) is 0.401. The number of rotatable bonds is 7. The predicted octanol–water partition coefficient (Wildman–Crippen LogP) is 5.12. The van der Waals surface area contributed by atoms with Gasteiger partial charge in [-0.15, -0.1) is 0 Å². The maximum Gasteiger partial charge on any atom is -0.0348 e. The molecular formula is C15H26. The summed E-state index contributed by atoms with van der Waals surface area (Å²) in [6, 6.07) is 0. The number of allylic oxidation sites excluding steroid dienone is 4. The van der Waals surface area contributed by atoms with Crippen LogP contribution in [0.4, 0.5) is 0 Å². The first-order valence-corrected chi connectivity index (χ1v) is 6.66. The average molecular weight is 206 g/mol. The van der Waals surface area contributed by atoms with E-state index in [1.54, 1.807) is 0 Å². The number of hydrogen-bond acceptors (Lipinski definition) is 0. The smallest absolute Gasteiger partial charge is 0.0348 e. The molecular weight excluding hydrogens is 180 g/mol. The minimum absolute atomic E-state index is 1.07. The van der Waals surface area contributed by atoms with Crippen LogP contribution in [-0.4, -0.2) is 0 Å². The van der Waals surface area contributed by atoms with Crippen LogP contribution in [-0.2, 0) is 0 Å². The van der Waals surface area contributed by atoms with Gasteiger partial charge in [-0.2, -0.15) is 0 Å². The molecule has 0 aromatic heterocycles. The summed E-state index contributed by atoms with van der Waals surface area (Å²) in [6.45, 7) is 4.41. The molecule has 0 aromatic carbocycles. The molecule has 15 heavy (non-hydrogen) atoms. The lowest BCUT2D eigenvalue weighted by Gasteiger charge is -2.36. The Balaban J connectivity index is 1.93. The van der Waals surface area contributed by atoms with Gasteiger partial charge in [0.1, 0.15) is 0 Å². The zero-order valence-electron chi connectivity index (χ0n) is 10.4. The highest BCUT2D eigenvalue weighted by molar-refractivity contribution is 5.00. The highest BCUT2D eigenvalue weighted by Crippen LogP contribution is 2.39. The third kappa shape index (κ3) is 4.68. The number of hydrogen-bond donors (Lipinski definition) is 0. The Bertz CT molecular complexity index is 198. The van der Waals surface area contributed by atoms with Gasteiger partial charge in [-0.3, -0.25) is 0 Å². The van der Waals surface area contributed by atoms with Crippen LogP contribution in [0.3, 0.4) is 0 Å². The molecule has 86 valence electrons. The molecule has 0 nitrogen and oxygen atoms in total. The van der Waals surface area contributed by atoms with Gasteiger partial charge in [-0.1, -0.05) is 50.5 Å². The van der Waals surface area contributed by atoms with E-state index in [4.69, 9.17) is 0 Å². The summed E-state index contributed by atoms with van der Waals surface area (Å²) < 4.78 is 0. The molecule has 2 atom stereocenters. The Kier molecular flexibility index (Phi) is 6.47. The van der Waals surface area contributed by atoms with Crippen LogP contribution in [0, 0.1) is 11.8 Å². The minimum atomic E-state index is 1.07. The largest absolute Gasteiger partial charge is 0.0877 e. The summed E-state index contributed by atoms with van der Waals surface area (Å²) in [5.74, 6) is 2.15. The van der Waals surface area contributed by atoms with Crippen LogP contribution < -0.4 is 0 Å². The fraction of sp³-hybridized carbons (Fsp3) is 0.733. The van der Waals surface area contributed by atoms with Gasteiger partial charge in [0.15, 0.2) is 0 Å². The van der Waals surface area contributed by atoms with Crippen molar-refractivity contribution < 1.29 is 0 Å². The molecule has 1 aliphatic carbocycles. The molecule has 1 rings (SSSR count). The lowest BCUT2D eigenvalue weighted by atomic mass is 9.70. The summed E-state index contributed by atoms with van der Waals surface area (Å²) in [6.07, 6.45) is 18.6. The molecule has 1 aliphatic rings. The monoisotopic (exact) mass is 206 g/mol. The predicted molar refractivity (Wildman–Crippen MR) is 68.9 cm³/mol. The molecule has 0 spiro atoms. The van der Waals surface area contributed by atoms with Gasteiger partial charge in [-0.25, -0.2) is 0 Å². The molecule has 1 fully saturated rings. The van der Waals surface area contributed by atoms with E-state index in [2.05, 4.69) is 38.2 Å². The third-order valence-corrected chi connectivity index (χ3v) is 3.73. The molecule has 0 N–H and O–H groups in total. The second-order valence-corrected chi connectivity index (χ2v) is 4.74. The summed E-state index contributed by atoms with van der Waals surface area (Å²) >= 11 is 0. The minimum Gasteiger partial charge on any atom is -0.0877 e. The summed E-state index contributed by atoms with van der Waals surface area (Å²) in [7, 11) is 0. The van der Waals surface area contributed by atoms with Crippen molar-refractivity contribution in [2.75, 3.05) is 0 Å². The molecule has 2 unspecified atom stereocenters. The fourth-order valence-electron chi connectivity index (χ4n) is 2.51. The molecule has 0 saturated heterocycles. The normalized spacial score (nSPS) is 26.3. The van der Waals surface area contributed by atoms with E-state index in [0.29, 0.717) is 0 Å². The van der Waals surface area contributed by atoms with Crippen LogP contribution in [0.2, 0.25) is 0 Å². The lowest BCUT2D eigenvalue weighted by molar-refractivity contribution is 0.155. The van der Waals surface area contributed by atoms with Crippen molar-refractivity contribution in [3.8, 4) is 0 Å². The molecule has 0 radical (unpaired) electrons. The van der Waals surface area contributed by atoms with Crippen molar-refractivity contribution in [3.63, 3.8) is 0 Å². The third-order valence-electron chi connectivity index (χ3n) is 3.73. The topological polar surface area (TPSA) is 0 Å². The Morgan fingerprint density at radius 1 is 1.07 bits per heavy atom. The highest BCUT2D eigenvalue weighted by atomic mass is 14.3. The first kappa shape index (κ1) is 12.5. The Labute approximate surface area is 95.5 Å². The first-order chi connectivity index (χ1) is 7.38. The van der Waals surface area contributed by atoms with Gasteiger partial charge in [0.05, 0.1) is 0 Å². The zero-order chi connectivity index (χ0) is 10.9. The van der Waals surface area contributed by atoms with Crippen molar-refractivity contribution >= 4 is 0 Å². The zero-order valence-corrected chi connectivity index (χ0v) is 10.4. The molecule has 0 amide bonds. The van der Waals surface area contributed by atoms with Crippen molar-refractivity contribution in [2.45, 2.75) is 58.8 Å². The van der Waals surface area contributed by atoms with E-state index in [-0.39, 0.29) is 0 Å². The van der Waals surface area contributed by atoms with Gasteiger partial charge < -0.3 is 0 Å². The summed E-state index contributed by atoms with van der Waals surface area (Å²) in [4.78, 5) is 0. The van der Waals surface area contributed by atoms with Crippen molar-refractivity contribution in [1.82, 2.24) is 0 Å². The van der Waals surface area contributed by atoms with E-state index in [1.807, 2.05) is 0 Å². The number of unbranched alkanes of at least 4 members (excludes halogenated alkanes) is 2. The van der Waals surface area contributed by atoms with Gasteiger partial charge in [0.2, 0.25) is 0 Å². The molecule has 0 heterocycles. The SMILES string of the molecule is C/C=C\C=C/CCCCC1CCC1CC. The van der Waals surface area contributed by atoms with Crippen molar-refractivity contribution in [3.05, 3.63) is 24.3 Å². The van der Waals surface area contributed by atoms with Gasteiger partial charge in [-0.05, 0) is 44.4 Å². The average Bonchev–Trinajstić information content (AvgIpc) is 2.21. The maximum absolute atomic E-state index is 2.34. The summed E-state index contributed by atoms with van der Waals surface area (Å²) in [5.41, 5.74) is 0. The van der Waals surface area contributed by atoms with Gasteiger partial charge in [0, 0.05) is 0 Å². The maximum atomic E-state index is 2.34. The first-order valence-electron chi connectivity index (χ1n) is 6.66. The lowest BCUT2D eigenvalue weighted by Crippen LogP contribution is -2.24. The van der Waals surface area contributed by atoms with Gasteiger partial charge in [0.25, 0.3) is 0 Å². The van der Waals surface area contributed by atoms with Crippen molar-refractivity contribution in [1.29, 1.82) is 0 Å². The van der Waals surface area contributed by atoms with Crippen LogP contribution in [0.25, 0.3) is 0 Å². The van der Waals surface area contributed by atoms with Crippen LogP contribution in [0.15, 0.2) is 24.3 Å². The van der Waals surface area contributed by atoms with Crippen LogP contribution in [0.5, 0.6) is 0 Å². The molecule has 0 aromatic rings. The second kappa shape index (κ2) is 7.73. The van der Waals surface area contributed by atoms with Crippen LogP contribution >= 0.6 is 0 Å². The second-order valence-electron chi connectivity index (χ2n) is 4.74. The van der Waals surface area contributed by atoms with E-state index in [9.17, 15) is 0 Å². The fourth-order valence-corrected chi connectivity index (χ4v) is 2.51. The molecule has 0 heteroatoms. The van der Waals surface area contributed by atoms with E-state index in [0.717, 1.165) is 11.8 Å². The molecule has 1 saturated carbocycles. The Morgan fingerprint density at radius 2 is 1.87 bits per heavy atom. The highest BCUT2D eigenvalue weighted by Gasteiger charge is 2.27. The van der Waals surface area contributed by atoms with Crippen molar-refractivity contribution in [2.24, 2.45) is 11.8 Å². The Morgan fingerprint density at radius 3 is 2.47 bits per heavy atom. The Hall–Kier alpha value is -0.520. The van der Waals surface area contributed by atoms with Crippen LogP contribution in [0.1, 0.15) is 58.8 Å². The standard InChI is InChI=1S/C15H26/c1-3-5-6-7-8-9-10-11-15-13-12-14(15)4-2/h3,5-7,14-15H,4,8-13H2,1-2H3/b5-3-,7-6-. The summed E-state index contributed by atoms with van der Waals surface area (Å²) in [5, 5.41) is 0. The van der Waals surface area contributed by atoms with E-state index < -0.39 is 0 Å². The van der Waals surface area contributed by atoms with E-state index >= 15 is 0 Å². The van der Waals surface area contributed by atoms with E-state index in [1.165, 1.54) is 44.9 Å².